The molecule has 2 rings (SSSR count). The topological polar surface area (TPSA) is 75.7 Å². The average molecular weight is 226 g/mol. The van der Waals surface area contributed by atoms with Crippen LogP contribution in [-0.2, 0) is 19.1 Å². The zero-order chi connectivity index (χ0) is 11.5. The summed E-state index contributed by atoms with van der Waals surface area (Å²) in [5.74, 6) is -0.475. The van der Waals surface area contributed by atoms with Gasteiger partial charge < -0.3 is 15.0 Å². The maximum absolute atomic E-state index is 11.8. The van der Waals surface area contributed by atoms with Crippen LogP contribution in [0.15, 0.2) is 0 Å². The van der Waals surface area contributed by atoms with Crippen molar-refractivity contribution in [2.24, 2.45) is 0 Å². The Bertz CT molecular complexity index is 318. The lowest BCUT2D eigenvalue weighted by Crippen LogP contribution is -2.46. The summed E-state index contributed by atoms with van der Waals surface area (Å²) in [7, 11) is 0. The van der Waals surface area contributed by atoms with Gasteiger partial charge in [0.1, 0.15) is 12.6 Å². The van der Waals surface area contributed by atoms with Crippen LogP contribution in [0.4, 0.5) is 0 Å². The fraction of sp³-hybridized carbons (Fsp3) is 0.700. The van der Waals surface area contributed by atoms with Gasteiger partial charge in [-0.15, -0.1) is 0 Å². The molecule has 2 atom stereocenters. The summed E-state index contributed by atoms with van der Waals surface area (Å²) in [5.41, 5.74) is 0. The Kier molecular flexibility index (Phi) is 3.07. The first-order valence-corrected chi connectivity index (χ1v) is 5.38. The first kappa shape index (κ1) is 10.9. The number of nitrogens with one attached hydrogen (secondary N) is 1. The maximum Gasteiger partial charge on any atom is 0.308 e. The zero-order valence-corrected chi connectivity index (χ0v) is 8.85. The van der Waals surface area contributed by atoms with Gasteiger partial charge in [0, 0.05) is 6.54 Å². The van der Waals surface area contributed by atoms with Crippen molar-refractivity contribution in [3.63, 3.8) is 0 Å². The Labute approximate surface area is 92.9 Å². The molecule has 0 aliphatic carbocycles. The SMILES string of the molecule is O=CN1CCC[C@H]1C(=O)N[C@@H]1COC(=O)C1. The van der Waals surface area contributed by atoms with E-state index in [0.717, 1.165) is 6.42 Å². The third-order valence-corrected chi connectivity index (χ3v) is 2.94. The molecule has 88 valence electrons. The largest absolute Gasteiger partial charge is 0.463 e. The summed E-state index contributed by atoms with van der Waals surface area (Å²) in [4.78, 5) is 34.8. The van der Waals surface area contributed by atoms with Crippen molar-refractivity contribution in [3.8, 4) is 0 Å². The number of rotatable bonds is 3. The minimum absolute atomic E-state index is 0.187. The number of cyclic esters (lactones) is 1. The minimum Gasteiger partial charge on any atom is -0.463 e. The van der Waals surface area contributed by atoms with E-state index in [4.69, 9.17) is 4.74 Å². The van der Waals surface area contributed by atoms with Gasteiger partial charge in [0.25, 0.3) is 0 Å². The summed E-state index contributed by atoms with van der Waals surface area (Å²) >= 11 is 0. The van der Waals surface area contributed by atoms with Crippen LogP contribution in [0.3, 0.4) is 0 Å². The van der Waals surface area contributed by atoms with Crippen LogP contribution in [-0.4, -0.2) is 48.4 Å². The first-order chi connectivity index (χ1) is 7.70. The summed E-state index contributed by atoms with van der Waals surface area (Å²) in [6.07, 6.45) is 2.45. The molecule has 2 heterocycles. The highest BCUT2D eigenvalue weighted by molar-refractivity contribution is 5.85. The second-order valence-electron chi connectivity index (χ2n) is 4.09. The number of nitrogens with zero attached hydrogens (tertiary/aromatic N) is 1. The monoisotopic (exact) mass is 226 g/mol. The van der Waals surface area contributed by atoms with E-state index in [0.29, 0.717) is 19.4 Å². The molecule has 0 bridgehead atoms. The highest BCUT2D eigenvalue weighted by atomic mass is 16.5. The molecular formula is C10H14N2O4. The van der Waals surface area contributed by atoms with E-state index in [2.05, 4.69) is 5.32 Å². The third kappa shape index (κ3) is 2.15. The van der Waals surface area contributed by atoms with Gasteiger partial charge in [-0.3, -0.25) is 14.4 Å². The number of hydrogen-bond donors (Lipinski definition) is 1. The van der Waals surface area contributed by atoms with Gasteiger partial charge in [-0.2, -0.15) is 0 Å². The average Bonchev–Trinajstić information content (AvgIpc) is 2.86. The molecule has 0 unspecified atom stereocenters. The minimum atomic E-state index is -0.381. The summed E-state index contributed by atoms with van der Waals surface area (Å²) < 4.78 is 4.75. The van der Waals surface area contributed by atoms with E-state index in [1.807, 2.05) is 0 Å². The Morgan fingerprint density at radius 3 is 3.00 bits per heavy atom. The van der Waals surface area contributed by atoms with Gasteiger partial charge in [0.15, 0.2) is 0 Å². The number of amides is 2. The van der Waals surface area contributed by atoms with Gasteiger partial charge >= 0.3 is 5.97 Å². The quantitative estimate of drug-likeness (QED) is 0.496. The van der Waals surface area contributed by atoms with Gasteiger partial charge in [0.05, 0.1) is 12.5 Å². The van der Waals surface area contributed by atoms with Crippen molar-refractivity contribution in [2.75, 3.05) is 13.2 Å². The lowest BCUT2D eigenvalue weighted by molar-refractivity contribution is -0.138. The molecule has 1 N–H and O–H groups in total. The van der Waals surface area contributed by atoms with E-state index in [1.165, 1.54) is 4.90 Å². The van der Waals surface area contributed by atoms with Crippen molar-refractivity contribution >= 4 is 18.3 Å². The van der Waals surface area contributed by atoms with Crippen LogP contribution in [0.1, 0.15) is 19.3 Å². The molecule has 16 heavy (non-hydrogen) atoms. The highest BCUT2D eigenvalue weighted by Gasteiger charge is 2.33. The maximum atomic E-state index is 11.8. The van der Waals surface area contributed by atoms with Crippen LogP contribution in [0.5, 0.6) is 0 Å². The van der Waals surface area contributed by atoms with E-state index < -0.39 is 0 Å². The number of likely N-dealkylation sites (tertiary alicyclic amines) is 1. The van der Waals surface area contributed by atoms with Crippen molar-refractivity contribution in [3.05, 3.63) is 0 Å². The Balaban J connectivity index is 1.87. The molecule has 2 aliphatic heterocycles. The smallest absolute Gasteiger partial charge is 0.308 e. The van der Waals surface area contributed by atoms with Crippen LogP contribution in [0.25, 0.3) is 0 Å². The molecular weight excluding hydrogens is 212 g/mol. The third-order valence-electron chi connectivity index (χ3n) is 2.94. The van der Waals surface area contributed by atoms with Crippen molar-refractivity contribution in [1.82, 2.24) is 10.2 Å². The number of hydrogen-bond acceptors (Lipinski definition) is 4. The van der Waals surface area contributed by atoms with Crippen LogP contribution in [0.2, 0.25) is 0 Å². The fourth-order valence-corrected chi connectivity index (χ4v) is 2.10. The van der Waals surface area contributed by atoms with E-state index in [1.54, 1.807) is 0 Å². The zero-order valence-electron chi connectivity index (χ0n) is 8.85. The summed E-state index contributed by atoms with van der Waals surface area (Å²) in [6, 6.07) is -0.623. The Hall–Kier alpha value is -1.59. The van der Waals surface area contributed by atoms with Crippen LogP contribution in [0, 0.1) is 0 Å². The predicted octanol–water partition coefficient (Wildman–Crippen LogP) is -0.961. The van der Waals surface area contributed by atoms with Crippen molar-refractivity contribution in [2.45, 2.75) is 31.3 Å². The first-order valence-electron chi connectivity index (χ1n) is 5.38. The molecule has 0 radical (unpaired) electrons. The highest BCUT2D eigenvalue weighted by Crippen LogP contribution is 2.16. The summed E-state index contributed by atoms with van der Waals surface area (Å²) in [6.45, 7) is 0.861. The van der Waals surface area contributed by atoms with Crippen LogP contribution >= 0.6 is 0 Å². The number of esters is 1. The Morgan fingerprint density at radius 2 is 2.38 bits per heavy atom. The molecule has 0 aromatic rings. The summed E-state index contributed by atoms with van der Waals surface area (Å²) in [5, 5.41) is 2.73. The van der Waals surface area contributed by atoms with Crippen molar-refractivity contribution in [1.29, 1.82) is 0 Å². The molecule has 2 amide bonds. The van der Waals surface area contributed by atoms with Crippen molar-refractivity contribution < 1.29 is 19.1 Å². The van der Waals surface area contributed by atoms with Gasteiger partial charge in [-0.05, 0) is 12.8 Å². The molecule has 2 aliphatic rings. The number of carbonyl (C=O) groups is 3. The molecule has 6 nitrogen and oxygen atoms in total. The number of ether oxygens (including phenoxy) is 1. The van der Waals surface area contributed by atoms with Gasteiger partial charge in [0.2, 0.25) is 12.3 Å². The fourth-order valence-electron chi connectivity index (χ4n) is 2.10. The normalized spacial score (nSPS) is 29.0. The molecule has 0 aromatic carbocycles. The van der Waals surface area contributed by atoms with Gasteiger partial charge in [-0.25, -0.2) is 0 Å². The molecule has 0 spiro atoms. The molecule has 6 heteroatoms. The second kappa shape index (κ2) is 4.51. The van der Waals surface area contributed by atoms with E-state index in [9.17, 15) is 14.4 Å². The molecule has 2 fully saturated rings. The van der Waals surface area contributed by atoms with Crippen LogP contribution < -0.4 is 5.32 Å². The molecule has 0 saturated carbocycles. The standard InChI is InChI=1S/C10H14N2O4/c13-6-12-3-1-2-8(12)10(15)11-7-4-9(14)16-5-7/h6-8H,1-5H2,(H,11,15)/t7-,8-/m0/s1. The lowest BCUT2D eigenvalue weighted by atomic mass is 10.2. The second-order valence-corrected chi connectivity index (χ2v) is 4.09. The lowest BCUT2D eigenvalue weighted by Gasteiger charge is -2.20. The van der Waals surface area contributed by atoms with E-state index in [-0.39, 0.29) is 37.0 Å². The van der Waals surface area contributed by atoms with Gasteiger partial charge in [-0.1, -0.05) is 0 Å². The molecule has 0 aromatic heterocycles. The van der Waals surface area contributed by atoms with E-state index >= 15 is 0 Å². The predicted molar refractivity (Wildman–Crippen MR) is 53.3 cm³/mol. The number of carbonyl (C=O) groups excluding carboxylic acids is 3. The Morgan fingerprint density at radius 1 is 1.56 bits per heavy atom. The molecule has 2 saturated heterocycles.